The molecule has 1 N–H and O–H groups in total. The quantitative estimate of drug-likeness (QED) is 0.810. The smallest absolute Gasteiger partial charge is 0.292 e. The zero-order valence-corrected chi connectivity index (χ0v) is 11.7. The van der Waals surface area contributed by atoms with Crippen LogP contribution in [0.4, 0.5) is 5.69 Å². The molecule has 0 radical (unpaired) electrons. The molecular formula is C11H14ClN3O2S. The topological polar surface area (TPSA) is 64.0 Å². The summed E-state index contributed by atoms with van der Waals surface area (Å²) in [6, 6.07) is -0.136. The molecule has 1 rings (SSSR count). The lowest BCUT2D eigenvalue weighted by Gasteiger charge is -2.15. The summed E-state index contributed by atoms with van der Waals surface area (Å²) in [5.74, 6) is 2.76. The number of anilines is 1. The molecule has 18 heavy (non-hydrogen) atoms. The van der Waals surface area contributed by atoms with Gasteiger partial charge in [-0.1, -0.05) is 17.5 Å². The van der Waals surface area contributed by atoms with Crippen molar-refractivity contribution in [3.8, 4) is 12.3 Å². The van der Waals surface area contributed by atoms with Crippen molar-refractivity contribution in [1.29, 1.82) is 0 Å². The van der Waals surface area contributed by atoms with Gasteiger partial charge in [0.05, 0.1) is 11.2 Å². The van der Waals surface area contributed by atoms with Gasteiger partial charge in [0.1, 0.15) is 12.2 Å². The zero-order chi connectivity index (χ0) is 13.7. The molecule has 0 aliphatic heterocycles. The number of hydrogen-bond donors (Lipinski definition) is 1. The number of rotatable bonds is 5. The van der Waals surface area contributed by atoms with Gasteiger partial charge < -0.3 is 5.32 Å². The second-order valence-electron chi connectivity index (χ2n) is 3.82. The van der Waals surface area contributed by atoms with E-state index in [4.69, 9.17) is 18.0 Å². The van der Waals surface area contributed by atoms with Gasteiger partial charge in [0, 0.05) is 28.9 Å². The fourth-order valence-corrected chi connectivity index (χ4v) is 2.40. The molecule has 1 aromatic rings. The van der Waals surface area contributed by atoms with E-state index in [1.54, 1.807) is 6.26 Å². The minimum absolute atomic E-state index is 0.0821. The third-order valence-electron chi connectivity index (χ3n) is 2.11. The van der Waals surface area contributed by atoms with Crippen LogP contribution in [0, 0.1) is 12.3 Å². The number of halogens is 1. The predicted octanol–water partition coefficient (Wildman–Crippen LogP) is 0.709. The van der Waals surface area contributed by atoms with Gasteiger partial charge in [0.15, 0.2) is 0 Å². The van der Waals surface area contributed by atoms with Crippen molar-refractivity contribution in [2.45, 2.75) is 19.5 Å². The van der Waals surface area contributed by atoms with E-state index in [-0.39, 0.29) is 28.9 Å². The predicted molar refractivity (Wildman–Crippen MR) is 74.4 cm³/mol. The number of aromatic nitrogens is 2. The highest BCUT2D eigenvalue weighted by Crippen LogP contribution is 2.16. The van der Waals surface area contributed by atoms with Gasteiger partial charge in [-0.3, -0.25) is 9.00 Å². The lowest BCUT2D eigenvalue weighted by atomic mass is 10.3. The maximum atomic E-state index is 12.0. The summed E-state index contributed by atoms with van der Waals surface area (Å²) in [5.41, 5.74) is -0.144. The monoisotopic (exact) mass is 287 g/mol. The lowest BCUT2D eigenvalue weighted by molar-refractivity contribution is 0.662. The Balaban J connectivity index is 3.01. The van der Waals surface area contributed by atoms with Gasteiger partial charge in [-0.15, -0.1) is 6.42 Å². The van der Waals surface area contributed by atoms with Crippen LogP contribution in [0.2, 0.25) is 5.02 Å². The zero-order valence-electron chi connectivity index (χ0n) is 10.1. The summed E-state index contributed by atoms with van der Waals surface area (Å²) in [6.07, 6.45) is 8.10. The normalized spacial score (nSPS) is 13.7. The summed E-state index contributed by atoms with van der Waals surface area (Å²) in [4.78, 5) is 12.0. The fourth-order valence-electron chi connectivity index (χ4n) is 1.44. The van der Waals surface area contributed by atoms with E-state index in [0.717, 1.165) is 4.68 Å². The van der Waals surface area contributed by atoms with E-state index in [1.165, 1.54) is 6.20 Å². The summed E-state index contributed by atoms with van der Waals surface area (Å²) in [6.45, 7) is 1.90. The largest absolute Gasteiger partial charge is 0.376 e. The highest BCUT2D eigenvalue weighted by Gasteiger charge is 2.13. The maximum Gasteiger partial charge on any atom is 0.292 e. The average Bonchev–Trinajstić information content (AvgIpc) is 2.27. The molecule has 0 spiro atoms. The molecular weight excluding hydrogens is 274 g/mol. The molecule has 0 aromatic carbocycles. The Bertz CT molecular complexity index is 550. The molecule has 7 heteroatoms. The first-order valence-corrected chi connectivity index (χ1v) is 7.32. The molecule has 0 saturated carbocycles. The lowest BCUT2D eigenvalue weighted by Crippen LogP contribution is -2.30. The van der Waals surface area contributed by atoms with Gasteiger partial charge in [0.2, 0.25) is 0 Å². The minimum Gasteiger partial charge on any atom is -0.376 e. The summed E-state index contributed by atoms with van der Waals surface area (Å²) < 4.78 is 12.2. The van der Waals surface area contributed by atoms with Crippen LogP contribution >= 0.6 is 11.6 Å². The van der Waals surface area contributed by atoms with Gasteiger partial charge in [-0.2, -0.15) is 5.10 Å². The highest BCUT2D eigenvalue weighted by molar-refractivity contribution is 7.84. The number of terminal acetylenes is 1. The molecule has 0 amide bonds. The van der Waals surface area contributed by atoms with Crippen molar-refractivity contribution in [2.75, 3.05) is 17.3 Å². The molecule has 2 unspecified atom stereocenters. The Kier molecular flexibility index (Phi) is 5.38. The molecule has 5 nitrogen and oxygen atoms in total. The van der Waals surface area contributed by atoms with Gasteiger partial charge in [-0.05, 0) is 6.92 Å². The van der Waals surface area contributed by atoms with Crippen molar-refractivity contribution >= 4 is 28.1 Å². The summed E-state index contributed by atoms with van der Waals surface area (Å²) in [5, 5.41) is 6.99. The Hall–Kier alpha value is -1.32. The Morgan fingerprint density at radius 3 is 2.94 bits per heavy atom. The third kappa shape index (κ3) is 3.86. The Morgan fingerprint density at radius 2 is 2.39 bits per heavy atom. The van der Waals surface area contributed by atoms with E-state index in [0.29, 0.717) is 5.75 Å². The van der Waals surface area contributed by atoms with Gasteiger partial charge in [0.25, 0.3) is 5.56 Å². The molecule has 0 aliphatic carbocycles. The van der Waals surface area contributed by atoms with Crippen LogP contribution in [0.3, 0.4) is 0 Å². The number of nitrogens with one attached hydrogen (secondary N) is 1. The van der Waals surface area contributed by atoms with Crippen LogP contribution in [0.15, 0.2) is 11.0 Å². The van der Waals surface area contributed by atoms with Crippen molar-refractivity contribution in [2.24, 2.45) is 0 Å². The van der Waals surface area contributed by atoms with Crippen molar-refractivity contribution in [3.05, 3.63) is 21.6 Å². The van der Waals surface area contributed by atoms with Gasteiger partial charge >= 0.3 is 0 Å². The van der Waals surface area contributed by atoms with Crippen LogP contribution in [-0.4, -0.2) is 32.0 Å². The minimum atomic E-state index is -0.954. The third-order valence-corrected chi connectivity index (χ3v) is 3.37. The molecule has 1 aromatic heterocycles. The molecule has 2 atom stereocenters. The standard InChI is InChI=1S/C11H14ClN3O2S/c1-4-5-15-11(16)10(9(12)6-13-15)14-8(2)7-18(3)17/h1,6,8,14H,5,7H2,2-3H3. The molecule has 0 bridgehead atoms. The molecule has 0 saturated heterocycles. The summed E-state index contributed by atoms with van der Waals surface area (Å²) in [7, 11) is -0.954. The molecule has 0 aliphatic rings. The van der Waals surface area contributed by atoms with Crippen LogP contribution in [0.5, 0.6) is 0 Å². The SMILES string of the molecule is C#CCn1ncc(Cl)c(NC(C)CS(C)=O)c1=O. The van der Waals surface area contributed by atoms with Crippen molar-refractivity contribution in [3.63, 3.8) is 0 Å². The first-order valence-electron chi connectivity index (χ1n) is 5.21. The average molecular weight is 288 g/mol. The van der Waals surface area contributed by atoms with E-state index in [2.05, 4.69) is 16.3 Å². The molecule has 98 valence electrons. The Morgan fingerprint density at radius 1 is 1.72 bits per heavy atom. The molecule has 0 fully saturated rings. The van der Waals surface area contributed by atoms with E-state index in [9.17, 15) is 9.00 Å². The fraction of sp³-hybridized carbons (Fsp3) is 0.455. The first kappa shape index (κ1) is 14.7. The van der Waals surface area contributed by atoms with Crippen molar-refractivity contribution in [1.82, 2.24) is 9.78 Å². The van der Waals surface area contributed by atoms with Crippen molar-refractivity contribution < 1.29 is 4.21 Å². The summed E-state index contributed by atoms with van der Waals surface area (Å²) >= 11 is 5.92. The molecule has 1 heterocycles. The highest BCUT2D eigenvalue weighted by atomic mass is 35.5. The first-order chi connectivity index (χ1) is 8.45. The maximum absolute atomic E-state index is 12.0. The van der Waals surface area contributed by atoms with Crippen LogP contribution in [0.1, 0.15) is 6.92 Å². The number of nitrogens with zero attached hydrogens (tertiary/aromatic N) is 2. The van der Waals surface area contributed by atoms with E-state index in [1.807, 2.05) is 6.92 Å². The second kappa shape index (κ2) is 6.57. The Labute approximate surface area is 113 Å². The second-order valence-corrected chi connectivity index (χ2v) is 5.71. The van der Waals surface area contributed by atoms with E-state index >= 15 is 0 Å². The van der Waals surface area contributed by atoms with Gasteiger partial charge in [-0.25, -0.2) is 4.68 Å². The van der Waals surface area contributed by atoms with Crippen LogP contribution in [0.25, 0.3) is 0 Å². The van der Waals surface area contributed by atoms with E-state index < -0.39 is 10.8 Å². The van der Waals surface area contributed by atoms with Crippen LogP contribution in [-0.2, 0) is 17.3 Å². The number of hydrogen-bond acceptors (Lipinski definition) is 4. The van der Waals surface area contributed by atoms with Crippen LogP contribution < -0.4 is 10.9 Å².